The highest BCUT2D eigenvalue weighted by Crippen LogP contribution is 2.28. The van der Waals surface area contributed by atoms with Crippen LogP contribution < -0.4 is 9.62 Å². The Labute approximate surface area is 238 Å². The van der Waals surface area contributed by atoms with E-state index in [1.54, 1.807) is 31.2 Å². The molecule has 1 aliphatic rings. The summed E-state index contributed by atoms with van der Waals surface area (Å²) in [5.41, 5.74) is 4.07. The first kappa shape index (κ1) is 29.3. The number of nitrogens with one attached hydrogen (secondary N) is 1. The molecule has 2 amide bonds. The summed E-state index contributed by atoms with van der Waals surface area (Å²) in [5, 5.41) is 3.10. The van der Waals surface area contributed by atoms with E-state index in [9.17, 15) is 18.0 Å². The van der Waals surface area contributed by atoms with Gasteiger partial charge >= 0.3 is 0 Å². The molecule has 4 rings (SSSR count). The molecule has 0 bridgehead atoms. The van der Waals surface area contributed by atoms with E-state index in [-0.39, 0.29) is 23.4 Å². The molecule has 0 aliphatic heterocycles. The van der Waals surface area contributed by atoms with Crippen LogP contribution in [0.3, 0.4) is 0 Å². The lowest BCUT2D eigenvalue weighted by atomic mass is 10.1. The largest absolute Gasteiger partial charge is 0.352 e. The van der Waals surface area contributed by atoms with Crippen molar-refractivity contribution in [1.29, 1.82) is 0 Å². The lowest BCUT2D eigenvalue weighted by molar-refractivity contribution is -0.139. The molecule has 0 heterocycles. The van der Waals surface area contributed by atoms with Crippen LogP contribution in [0.25, 0.3) is 0 Å². The number of rotatable bonds is 10. The number of anilines is 1. The molecule has 1 aliphatic carbocycles. The molecule has 212 valence electrons. The summed E-state index contributed by atoms with van der Waals surface area (Å²) < 4.78 is 29.1. The number of carbonyl (C=O) groups is 2. The van der Waals surface area contributed by atoms with Crippen molar-refractivity contribution in [2.24, 2.45) is 0 Å². The highest BCUT2D eigenvalue weighted by atomic mass is 32.2. The number of carbonyl (C=O) groups excluding carboxylic acids is 2. The van der Waals surface area contributed by atoms with Crippen LogP contribution in [0.2, 0.25) is 0 Å². The van der Waals surface area contributed by atoms with Crippen molar-refractivity contribution in [3.63, 3.8) is 0 Å². The van der Waals surface area contributed by atoms with Gasteiger partial charge in [-0.3, -0.25) is 13.9 Å². The number of hydrogen-bond donors (Lipinski definition) is 1. The molecule has 0 saturated heterocycles. The van der Waals surface area contributed by atoms with Crippen molar-refractivity contribution < 1.29 is 18.0 Å². The van der Waals surface area contributed by atoms with Gasteiger partial charge in [0.15, 0.2) is 0 Å². The lowest BCUT2D eigenvalue weighted by Gasteiger charge is -2.33. The Morgan fingerprint density at radius 2 is 1.57 bits per heavy atom. The fraction of sp³-hybridized carbons (Fsp3) is 0.375. The molecule has 1 N–H and O–H groups in total. The van der Waals surface area contributed by atoms with Gasteiger partial charge in [-0.05, 0) is 69.9 Å². The van der Waals surface area contributed by atoms with E-state index in [2.05, 4.69) is 5.32 Å². The second-order valence-electron chi connectivity index (χ2n) is 10.8. The van der Waals surface area contributed by atoms with Crippen molar-refractivity contribution in [1.82, 2.24) is 10.2 Å². The Hall–Kier alpha value is -3.65. The molecule has 8 heteroatoms. The van der Waals surface area contributed by atoms with Crippen molar-refractivity contribution in [2.75, 3.05) is 10.8 Å². The number of amides is 2. The van der Waals surface area contributed by atoms with Crippen molar-refractivity contribution in [3.8, 4) is 0 Å². The normalized spacial score (nSPS) is 14.5. The number of hydrogen-bond acceptors (Lipinski definition) is 4. The molecular weight excluding hydrogens is 522 g/mol. The Bertz CT molecular complexity index is 1450. The molecule has 3 aromatic carbocycles. The van der Waals surface area contributed by atoms with Crippen LogP contribution >= 0.6 is 0 Å². The summed E-state index contributed by atoms with van der Waals surface area (Å²) >= 11 is 0. The van der Waals surface area contributed by atoms with Gasteiger partial charge in [0.05, 0.1) is 10.6 Å². The number of benzene rings is 3. The third-order valence-electron chi connectivity index (χ3n) is 7.54. The fourth-order valence-electron chi connectivity index (χ4n) is 5.30. The summed E-state index contributed by atoms with van der Waals surface area (Å²) in [6, 6.07) is 20.7. The summed E-state index contributed by atoms with van der Waals surface area (Å²) in [6.07, 6.45) is 4.01. The quantitative estimate of drug-likeness (QED) is 0.365. The molecule has 1 saturated carbocycles. The predicted molar refractivity (Wildman–Crippen MR) is 158 cm³/mol. The van der Waals surface area contributed by atoms with E-state index in [4.69, 9.17) is 0 Å². The van der Waals surface area contributed by atoms with E-state index in [1.807, 2.05) is 57.2 Å². The Kier molecular flexibility index (Phi) is 9.30. The maximum Gasteiger partial charge on any atom is 0.264 e. The number of aryl methyl sites for hydroxylation is 3. The molecule has 3 aromatic rings. The molecule has 0 unspecified atom stereocenters. The number of nitrogens with zero attached hydrogens (tertiary/aromatic N) is 2. The van der Waals surface area contributed by atoms with Crippen molar-refractivity contribution in [2.45, 2.75) is 76.9 Å². The summed E-state index contributed by atoms with van der Waals surface area (Å²) in [5.74, 6) is -0.674. The summed E-state index contributed by atoms with van der Waals surface area (Å²) in [4.78, 5) is 29.0. The first-order valence-electron chi connectivity index (χ1n) is 13.9. The van der Waals surface area contributed by atoms with Crippen LogP contribution in [-0.2, 0) is 26.2 Å². The monoisotopic (exact) mass is 561 g/mol. The Balaban J connectivity index is 1.70. The summed E-state index contributed by atoms with van der Waals surface area (Å²) in [6.45, 7) is 7.21. The van der Waals surface area contributed by atoms with Gasteiger partial charge in [0.1, 0.15) is 12.6 Å². The van der Waals surface area contributed by atoms with Crippen LogP contribution in [0.1, 0.15) is 54.9 Å². The van der Waals surface area contributed by atoms with E-state index >= 15 is 0 Å². The zero-order valence-electron chi connectivity index (χ0n) is 23.8. The van der Waals surface area contributed by atoms with E-state index < -0.39 is 28.5 Å². The van der Waals surface area contributed by atoms with Crippen LogP contribution in [0.15, 0.2) is 77.7 Å². The van der Waals surface area contributed by atoms with Gasteiger partial charge in [0.25, 0.3) is 10.0 Å². The van der Waals surface area contributed by atoms with Gasteiger partial charge in [-0.2, -0.15) is 0 Å². The maximum absolute atomic E-state index is 14.1. The Morgan fingerprint density at radius 3 is 2.23 bits per heavy atom. The highest BCUT2D eigenvalue weighted by Gasteiger charge is 2.33. The van der Waals surface area contributed by atoms with Crippen LogP contribution in [0.5, 0.6) is 0 Å². The summed E-state index contributed by atoms with van der Waals surface area (Å²) in [7, 11) is -4.08. The first-order valence-corrected chi connectivity index (χ1v) is 15.3. The second-order valence-corrected chi connectivity index (χ2v) is 12.7. The Morgan fingerprint density at radius 1 is 0.900 bits per heavy atom. The highest BCUT2D eigenvalue weighted by molar-refractivity contribution is 7.92. The maximum atomic E-state index is 14.1. The minimum Gasteiger partial charge on any atom is -0.352 e. The average molecular weight is 562 g/mol. The van der Waals surface area contributed by atoms with Crippen LogP contribution in [0, 0.1) is 20.8 Å². The van der Waals surface area contributed by atoms with Gasteiger partial charge in [0.2, 0.25) is 11.8 Å². The second kappa shape index (κ2) is 12.7. The van der Waals surface area contributed by atoms with Gasteiger partial charge in [-0.15, -0.1) is 0 Å². The molecule has 40 heavy (non-hydrogen) atoms. The molecular formula is C32H39N3O4S. The molecule has 0 radical (unpaired) electrons. The van der Waals surface area contributed by atoms with Gasteiger partial charge in [-0.25, -0.2) is 8.42 Å². The smallest absolute Gasteiger partial charge is 0.264 e. The molecule has 0 spiro atoms. The van der Waals surface area contributed by atoms with Gasteiger partial charge < -0.3 is 10.2 Å². The van der Waals surface area contributed by atoms with Crippen LogP contribution in [0.4, 0.5) is 5.69 Å². The van der Waals surface area contributed by atoms with Gasteiger partial charge in [-0.1, -0.05) is 78.6 Å². The topological polar surface area (TPSA) is 86.8 Å². The molecule has 7 nitrogen and oxygen atoms in total. The predicted octanol–water partition coefficient (Wildman–Crippen LogP) is 5.28. The zero-order chi connectivity index (χ0) is 28.9. The minimum atomic E-state index is -4.08. The van der Waals surface area contributed by atoms with E-state index in [0.717, 1.165) is 47.9 Å². The SMILES string of the molecule is Cc1cccc(CN(C(=O)CN(c2ccc(C)cc2C)S(=O)(=O)c2ccccc2)[C@@H](C)C(=O)NC2CCCC2)c1. The van der Waals surface area contributed by atoms with Crippen molar-refractivity contribution in [3.05, 3.63) is 95.1 Å². The van der Waals surface area contributed by atoms with Crippen LogP contribution in [-0.4, -0.2) is 43.8 Å². The molecule has 1 fully saturated rings. The van der Waals surface area contributed by atoms with Crippen molar-refractivity contribution >= 4 is 27.5 Å². The third-order valence-corrected chi connectivity index (χ3v) is 9.31. The standard InChI is InChI=1S/C32H39N3O4S/c1-23-11-10-12-27(20-23)21-34(26(4)32(37)33-28-13-8-9-14-28)31(36)22-35(30-18-17-24(2)19-25(30)3)40(38,39)29-15-6-5-7-16-29/h5-7,10-12,15-20,26,28H,8-9,13-14,21-22H2,1-4H3,(H,33,37)/t26-/m0/s1. The average Bonchev–Trinajstić information content (AvgIpc) is 3.44. The fourth-order valence-corrected chi connectivity index (χ4v) is 6.80. The first-order chi connectivity index (χ1) is 19.1. The zero-order valence-corrected chi connectivity index (χ0v) is 24.6. The third kappa shape index (κ3) is 6.91. The van der Waals surface area contributed by atoms with E-state index in [0.29, 0.717) is 5.69 Å². The lowest BCUT2D eigenvalue weighted by Crippen LogP contribution is -2.52. The minimum absolute atomic E-state index is 0.0973. The molecule has 0 aromatic heterocycles. The number of sulfonamides is 1. The van der Waals surface area contributed by atoms with Gasteiger partial charge in [0, 0.05) is 12.6 Å². The van der Waals surface area contributed by atoms with E-state index in [1.165, 1.54) is 21.3 Å². The molecule has 1 atom stereocenters.